The first-order chi connectivity index (χ1) is 7.72. The minimum atomic E-state index is 0.149. The van der Waals surface area contributed by atoms with Gasteiger partial charge in [0.05, 0.1) is 12.1 Å². The molecule has 0 saturated heterocycles. The molecule has 0 spiro atoms. The van der Waals surface area contributed by atoms with Gasteiger partial charge in [-0.2, -0.15) is 0 Å². The van der Waals surface area contributed by atoms with Gasteiger partial charge in [-0.25, -0.2) is 0 Å². The lowest BCUT2D eigenvalue weighted by Gasteiger charge is -2.28. The minimum Gasteiger partial charge on any atom is -0.495 e. The summed E-state index contributed by atoms with van der Waals surface area (Å²) in [4.78, 5) is 0. The van der Waals surface area contributed by atoms with Gasteiger partial charge in [0.1, 0.15) is 5.75 Å². The Bertz CT molecular complexity index is 372. The zero-order valence-electron chi connectivity index (χ0n) is 9.63. The van der Waals surface area contributed by atoms with Crippen LogP contribution in [0.1, 0.15) is 31.2 Å². The van der Waals surface area contributed by atoms with Crippen molar-refractivity contribution in [3.63, 3.8) is 0 Å². The Morgan fingerprint density at radius 1 is 1.38 bits per heavy atom. The summed E-state index contributed by atoms with van der Waals surface area (Å²) in [6, 6.07) is 6.05. The number of hydrogen-bond donors (Lipinski definition) is 1. The van der Waals surface area contributed by atoms with Gasteiger partial charge in [0.15, 0.2) is 0 Å². The first-order valence-electron chi connectivity index (χ1n) is 5.76. The summed E-state index contributed by atoms with van der Waals surface area (Å²) in [6.07, 6.45) is 4.88. The van der Waals surface area contributed by atoms with E-state index < -0.39 is 0 Å². The fourth-order valence-electron chi connectivity index (χ4n) is 2.66. The summed E-state index contributed by atoms with van der Waals surface area (Å²) in [7, 11) is 1.63. The zero-order chi connectivity index (χ0) is 11.6. The van der Waals surface area contributed by atoms with Crippen LogP contribution in [-0.2, 0) is 5.41 Å². The highest BCUT2D eigenvalue weighted by atomic mass is 35.5. The molecule has 1 aliphatic rings. The van der Waals surface area contributed by atoms with Crippen molar-refractivity contribution in [3.8, 4) is 5.75 Å². The molecule has 0 bridgehead atoms. The van der Waals surface area contributed by atoms with Crippen LogP contribution in [0.5, 0.6) is 5.75 Å². The van der Waals surface area contributed by atoms with Crippen molar-refractivity contribution < 1.29 is 4.74 Å². The summed E-state index contributed by atoms with van der Waals surface area (Å²) in [5.74, 6) is 0.732. The van der Waals surface area contributed by atoms with Gasteiger partial charge < -0.3 is 10.5 Å². The molecular weight excluding hydrogens is 222 g/mol. The monoisotopic (exact) mass is 239 g/mol. The fraction of sp³-hybridized carbons (Fsp3) is 0.538. The molecule has 88 valence electrons. The highest BCUT2D eigenvalue weighted by Gasteiger charge is 2.34. The van der Waals surface area contributed by atoms with E-state index in [1.165, 1.54) is 31.2 Å². The van der Waals surface area contributed by atoms with Crippen LogP contribution in [0.15, 0.2) is 18.2 Å². The Kier molecular flexibility index (Phi) is 3.41. The Hall–Kier alpha value is -0.730. The minimum absolute atomic E-state index is 0.149. The molecule has 1 aromatic carbocycles. The third-order valence-electron chi connectivity index (χ3n) is 3.72. The van der Waals surface area contributed by atoms with Gasteiger partial charge in [0.25, 0.3) is 0 Å². The molecule has 0 aromatic heterocycles. The average Bonchev–Trinajstić information content (AvgIpc) is 2.78. The standard InChI is InChI=1S/C13H18ClNO/c1-16-12-5-4-10(8-11(12)14)13(9-15)6-2-3-7-13/h4-5,8H,2-3,6-7,9,15H2,1H3. The maximum atomic E-state index is 6.16. The molecule has 1 aliphatic carbocycles. The second-order valence-electron chi connectivity index (χ2n) is 4.54. The summed E-state index contributed by atoms with van der Waals surface area (Å²) in [6.45, 7) is 0.704. The van der Waals surface area contributed by atoms with Crippen LogP contribution in [0, 0.1) is 0 Å². The molecule has 1 fully saturated rings. The topological polar surface area (TPSA) is 35.2 Å². The van der Waals surface area contributed by atoms with Crippen LogP contribution in [0.2, 0.25) is 5.02 Å². The molecule has 0 unspecified atom stereocenters. The molecule has 2 nitrogen and oxygen atoms in total. The van der Waals surface area contributed by atoms with Crippen LogP contribution >= 0.6 is 11.6 Å². The average molecular weight is 240 g/mol. The summed E-state index contributed by atoms with van der Waals surface area (Å²) in [5, 5.41) is 0.680. The lowest BCUT2D eigenvalue weighted by molar-refractivity contribution is 0.412. The van der Waals surface area contributed by atoms with Gasteiger partial charge in [-0.3, -0.25) is 0 Å². The quantitative estimate of drug-likeness (QED) is 0.880. The lowest BCUT2D eigenvalue weighted by Crippen LogP contribution is -2.31. The molecular formula is C13H18ClNO. The van der Waals surface area contributed by atoms with Crippen LogP contribution in [-0.4, -0.2) is 13.7 Å². The van der Waals surface area contributed by atoms with Crippen LogP contribution in [0.4, 0.5) is 0 Å². The Morgan fingerprint density at radius 3 is 2.56 bits per heavy atom. The fourth-order valence-corrected chi connectivity index (χ4v) is 2.92. The first kappa shape index (κ1) is 11.7. The Balaban J connectivity index is 2.36. The Morgan fingerprint density at radius 2 is 2.06 bits per heavy atom. The van der Waals surface area contributed by atoms with Gasteiger partial charge in [-0.15, -0.1) is 0 Å². The van der Waals surface area contributed by atoms with E-state index in [0.717, 1.165) is 5.75 Å². The molecule has 1 aromatic rings. The van der Waals surface area contributed by atoms with Gasteiger partial charge in [0, 0.05) is 12.0 Å². The molecule has 2 rings (SSSR count). The molecule has 0 atom stereocenters. The maximum absolute atomic E-state index is 6.16. The summed E-state index contributed by atoms with van der Waals surface area (Å²) < 4.78 is 5.17. The van der Waals surface area contributed by atoms with E-state index in [1.807, 2.05) is 12.1 Å². The molecule has 2 N–H and O–H groups in total. The maximum Gasteiger partial charge on any atom is 0.137 e. The number of nitrogens with two attached hydrogens (primary N) is 1. The molecule has 0 heterocycles. The van der Waals surface area contributed by atoms with E-state index in [0.29, 0.717) is 11.6 Å². The van der Waals surface area contributed by atoms with E-state index >= 15 is 0 Å². The van der Waals surface area contributed by atoms with Crippen molar-refractivity contribution in [1.29, 1.82) is 0 Å². The second kappa shape index (κ2) is 4.64. The van der Waals surface area contributed by atoms with E-state index in [-0.39, 0.29) is 5.41 Å². The van der Waals surface area contributed by atoms with E-state index in [2.05, 4.69) is 6.07 Å². The lowest BCUT2D eigenvalue weighted by atomic mass is 9.79. The smallest absolute Gasteiger partial charge is 0.137 e. The normalized spacial score (nSPS) is 18.7. The van der Waals surface area contributed by atoms with Gasteiger partial charge >= 0.3 is 0 Å². The summed E-state index contributed by atoms with van der Waals surface area (Å²) >= 11 is 6.16. The predicted molar refractivity (Wildman–Crippen MR) is 67.2 cm³/mol. The zero-order valence-corrected chi connectivity index (χ0v) is 10.4. The van der Waals surface area contributed by atoms with Crippen molar-refractivity contribution in [2.24, 2.45) is 5.73 Å². The molecule has 1 saturated carbocycles. The van der Waals surface area contributed by atoms with Crippen molar-refractivity contribution in [1.82, 2.24) is 0 Å². The van der Waals surface area contributed by atoms with Crippen molar-refractivity contribution in [2.45, 2.75) is 31.1 Å². The third-order valence-corrected chi connectivity index (χ3v) is 4.01. The molecule has 0 aliphatic heterocycles. The van der Waals surface area contributed by atoms with Gasteiger partial charge in [-0.1, -0.05) is 30.5 Å². The highest BCUT2D eigenvalue weighted by molar-refractivity contribution is 6.32. The van der Waals surface area contributed by atoms with Crippen LogP contribution in [0.25, 0.3) is 0 Å². The first-order valence-corrected chi connectivity index (χ1v) is 6.14. The van der Waals surface area contributed by atoms with Crippen molar-refractivity contribution in [2.75, 3.05) is 13.7 Å². The number of methoxy groups -OCH3 is 1. The van der Waals surface area contributed by atoms with Gasteiger partial charge in [0.2, 0.25) is 0 Å². The molecule has 16 heavy (non-hydrogen) atoms. The highest BCUT2D eigenvalue weighted by Crippen LogP contribution is 2.42. The molecule has 3 heteroatoms. The Labute approximate surface area is 102 Å². The SMILES string of the molecule is COc1ccc(C2(CN)CCCC2)cc1Cl. The molecule has 0 amide bonds. The number of rotatable bonds is 3. The molecule has 0 radical (unpaired) electrons. The van der Waals surface area contributed by atoms with Crippen molar-refractivity contribution in [3.05, 3.63) is 28.8 Å². The van der Waals surface area contributed by atoms with E-state index in [4.69, 9.17) is 22.1 Å². The van der Waals surface area contributed by atoms with Crippen LogP contribution < -0.4 is 10.5 Å². The number of ether oxygens (including phenoxy) is 1. The van der Waals surface area contributed by atoms with Crippen molar-refractivity contribution >= 4 is 11.6 Å². The largest absolute Gasteiger partial charge is 0.495 e. The van der Waals surface area contributed by atoms with E-state index in [1.54, 1.807) is 7.11 Å². The third kappa shape index (κ3) is 1.92. The number of halogens is 1. The van der Waals surface area contributed by atoms with E-state index in [9.17, 15) is 0 Å². The number of hydrogen-bond acceptors (Lipinski definition) is 2. The summed E-state index contributed by atoms with van der Waals surface area (Å²) in [5.41, 5.74) is 7.36. The number of benzene rings is 1. The predicted octanol–water partition coefficient (Wildman–Crippen LogP) is 3.12. The van der Waals surface area contributed by atoms with Crippen LogP contribution in [0.3, 0.4) is 0 Å². The van der Waals surface area contributed by atoms with Gasteiger partial charge in [-0.05, 0) is 30.5 Å². The second-order valence-corrected chi connectivity index (χ2v) is 4.95.